The van der Waals surface area contributed by atoms with Gasteiger partial charge >= 0.3 is 0 Å². The molecule has 2 rings (SSSR count). The molecular weight excluding hydrogens is 256 g/mol. The number of nitrogens with zero attached hydrogens (tertiary/aromatic N) is 2. The maximum atomic E-state index is 11.9. The molecule has 96 valence electrons. The van der Waals surface area contributed by atoms with E-state index >= 15 is 0 Å². The van der Waals surface area contributed by atoms with Gasteiger partial charge in [0.15, 0.2) is 5.03 Å². The van der Waals surface area contributed by atoms with Crippen molar-refractivity contribution < 1.29 is 8.42 Å². The van der Waals surface area contributed by atoms with Crippen molar-refractivity contribution >= 4 is 15.7 Å². The molecule has 2 N–H and O–H groups in total. The molecule has 0 unspecified atom stereocenters. The van der Waals surface area contributed by atoms with Crippen LogP contribution in [0.4, 0.5) is 5.69 Å². The zero-order valence-corrected chi connectivity index (χ0v) is 10.4. The summed E-state index contributed by atoms with van der Waals surface area (Å²) in [6, 6.07) is 2.73. The maximum Gasteiger partial charge on any atom is 0.279 e. The van der Waals surface area contributed by atoms with Gasteiger partial charge in [0, 0.05) is 18.8 Å². The summed E-state index contributed by atoms with van der Waals surface area (Å²) in [7, 11) is -3.69. The molecule has 0 amide bonds. The van der Waals surface area contributed by atoms with Gasteiger partial charge in [0.25, 0.3) is 15.6 Å². The molecule has 18 heavy (non-hydrogen) atoms. The minimum absolute atomic E-state index is 0.0308. The highest BCUT2D eigenvalue weighted by Gasteiger charge is 2.15. The Balaban J connectivity index is 2.33. The van der Waals surface area contributed by atoms with Gasteiger partial charge in [-0.25, -0.2) is 4.98 Å². The Morgan fingerprint density at radius 2 is 2.22 bits per heavy atom. The summed E-state index contributed by atoms with van der Waals surface area (Å²) >= 11 is 0. The summed E-state index contributed by atoms with van der Waals surface area (Å²) in [5, 5.41) is -0.0308. The van der Waals surface area contributed by atoms with Crippen LogP contribution in [0.2, 0.25) is 0 Å². The molecular formula is C10H12N4O3S. The van der Waals surface area contributed by atoms with E-state index in [1.54, 1.807) is 6.92 Å². The monoisotopic (exact) mass is 268 g/mol. The highest BCUT2D eigenvalue weighted by atomic mass is 32.2. The fraction of sp³-hybridized carbons (Fsp3) is 0.200. The van der Waals surface area contributed by atoms with E-state index in [1.165, 1.54) is 35.4 Å². The van der Waals surface area contributed by atoms with Crippen molar-refractivity contribution in [2.75, 3.05) is 4.72 Å². The second-order valence-corrected chi connectivity index (χ2v) is 5.21. The lowest BCUT2D eigenvalue weighted by molar-refractivity contribution is 0.598. The van der Waals surface area contributed by atoms with Crippen LogP contribution >= 0.6 is 0 Å². The van der Waals surface area contributed by atoms with Crippen LogP contribution in [0.1, 0.15) is 6.92 Å². The number of hydrogen-bond acceptors (Lipinski definition) is 4. The van der Waals surface area contributed by atoms with Crippen molar-refractivity contribution in [2.45, 2.75) is 18.5 Å². The van der Waals surface area contributed by atoms with Gasteiger partial charge in [-0.1, -0.05) is 0 Å². The van der Waals surface area contributed by atoms with E-state index in [2.05, 4.69) is 14.7 Å². The molecule has 0 saturated carbocycles. The summed E-state index contributed by atoms with van der Waals surface area (Å²) < 4.78 is 27.5. The second kappa shape index (κ2) is 4.65. The van der Waals surface area contributed by atoms with E-state index in [1.807, 2.05) is 0 Å². The van der Waals surface area contributed by atoms with E-state index in [0.29, 0.717) is 12.2 Å². The van der Waals surface area contributed by atoms with Crippen LogP contribution in [0.25, 0.3) is 0 Å². The van der Waals surface area contributed by atoms with Crippen molar-refractivity contribution in [3.63, 3.8) is 0 Å². The standard InChI is InChI=1S/C10H12N4O3S/c1-2-14-6-8(3-4-10(14)15)13-18(16,17)9-5-11-7-12-9/h3-7,13H,2H2,1H3,(H,11,12). The van der Waals surface area contributed by atoms with E-state index in [0.717, 1.165) is 0 Å². The summed E-state index contributed by atoms with van der Waals surface area (Å²) in [6.45, 7) is 2.27. The Hall–Kier alpha value is -2.09. The van der Waals surface area contributed by atoms with Crippen LogP contribution in [-0.4, -0.2) is 23.0 Å². The summed E-state index contributed by atoms with van der Waals surface area (Å²) in [6.07, 6.45) is 3.94. The van der Waals surface area contributed by atoms with Gasteiger partial charge in [0.05, 0.1) is 18.2 Å². The molecule has 0 saturated heterocycles. The van der Waals surface area contributed by atoms with Gasteiger partial charge in [-0.3, -0.25) is 9.52 Å². The molecule has 0 fully saturated rings. The van der Waals surface area contributed by atoms with Crippen LogP contribution in [0.3, 0.4) is 0 Å². The molecule has 0 radical (unpaired) electrons. The first-order chi connectivity index (χ1) is 8.53. The van der Waals surface area contributed by atoms with Gasteiger partial charge in [0.1, 0.15) is 0 Å². The minimum Gasteiger partial charge on any atom is -0.334 e. The summed E-state index contributed by atoms with van der Waals surface area (Å²) in [5.74, 6) is 0. The summed E-state index contributed by atoms with van der Waals surface area (Å²) in [5.41, 5.74) is 0.146. The number of aromatic amines is 1. The van der Waals surface area contributed by atoms with E-state index in [-0.39, 0.29) is 10.6 Å². The van der Waals surface area contributed by atoms with Crippen LogP contribution in [0.15, 0.2) is 40.7 Å². The predicted octanol–water partition coefficient (Wildman–Crippen LogP) is 0.392. The van der Waals surface area contributed by atoms with E-state index in [4.69, 9.17) is 0 Å². The van der Waals surface area contributed by atoms with Crippen molar-refractivity contribution in [2.24, 2.45) is 0 Å². The molecule has 7 nitrogen and oxygen atoms in total. The van der Waals surface area contributed by atoms with E-state index < -0.39 is 10.0 Å². The lowest BCUT2D eigenvalue weighted by Gasteiger charge is -2.08. The number of pyridine rings is 1. The number of nitrogens with one attached hydrogen (secondary N) is 2. The quantitative estimate of drug-likeness (QED) is 0.838. The topological polar surface area (TPSA) is 96.8 Å². The molecule has 0 aliphatic heterocycles. The first-order valence-electron chi connectivity index (χ1n) is 5.24. The third-order valence-corrected chi connectivity index (χ3v) is 3.65. The first kappa shape index (κ1) is 12.4. The van der Waals surface area contributed by atoms with Crippen LogP contribution in [0, 0.1) is 0 Å². The molecule has 8 heteroatoms. The number of aromatic nitrogens is 3. The normalized spacial score (nSPS) is 11.4. The lowest BCUT2D eigenvalue weighted by Crippen LogP contribution is -2.20. The highest BCUT2D eigenvalue weighted by molar-refractivity contribution is 7.92. The van der Waals surface area contributed by atoms with Gasteiger partial charge in [0.2, 0.25) is 0 Å². The van der Waals surface area contributed by atoms with Gasteiger partial charge in [-0.2, -0.15) is 8.42 Å². The average Bonchev–Trinajstić information content (AvgIpc) is 2.85. The molecule has 0 atom stereocenters. The molecule has 0 spiro atoms. The Morgan fingerprint density at radius 3 is 2.83 bits per heavy atom. The second-order valence-electron chi connectivity index (χ2n) is 3.56. The summed E-state index contributed by atoms with van der Waals surface area (Å²) in [4.78, 5) is 17.5. The Kier molecular flexibility index (Phi) is 3.19. The zero-order valence-electron chi connectivity index (χ0n) is 9.62. The Labute approximate surface area is 104 Å². The largest absolute Gasteiger partial charge is 0.334 e. The number of H-pyrrole nitrogens is 1. The maximum absolute atomic E-state index is 11.9. The first-order valence-corrected chi connectivity index (χ1v) is 6.73. The number of hydrogen-bond donors (Lipinski definition) is 2. The fourth-order valence-corrected chi connectivity index (χ4v) is 2.39. The van der Waals surface area contributed by atoms with Gasteiger partial charge < -0.3 is 9.55 Å². The molecule has 2 heterocycles. The molecule has 0 aliphatic carbocycles. The van der Waals surface area contributed by atoms with Crippen LogP contribution in [-0.2, 0) is 16.6 Å². The fourth-order valence-electron chi connectivity index (χ4n) is 1.44. The molecule has 2 aromatic rings. The molecule has 0 aliphatic rings. The third-order valence-electron chi connectivity index (χ3n) is 2.34. The highest BCUT2D eigenvalue weighted by Crippen LogP contribution is 2.11. The van der Waals surface area contributed by atoms with Crippen LogP contribution < -0.4 is 10.3 Å². The SMILES string of the molecule is CCn1cc(NS(=O)(=O)c2cnc[nH]2)ccc1=O. The molecule has 0 bridgehead atoms. The van der Waals surface area contributed by atoms with Crippen molar-refractivity contribution in [1.82, 2.24) is 14.5 Å². The number of aryl methyl sites for hydroxylation is 1. The Bertz CT molecular complexity index is 688. The number of imidazole rings is 1. The van der Waals surface area contributed by atoms with Crippen molar-refractivity contribution in [1.29, 1.82) is 0 Å². The number of anilines is 1. The molecule has 2 aromatic heterocycles. The van der Waals surface area contributed by atoms with Crippen molar-refractivity contribution in [3.05, 3.63) is 41.2 Å². The minimum atomic E-state index is -3.69. The zero-order chi connectivity index (χ0) is 13.2. The molecule has 0 aromatic carbocycles. The lowest BCUT2D eigenvalue weighted by atomic mass is 10.4. The third kappa shape index (κ3) is 2.43. The number of sulfonamides is 1. The van der Waals surface area contributed by atoms with Gasteiger partial charge in [-0.15, -0.1) is 0 Å². The Morgan fingerprint density at radius 1 is 1.44 bits per heavy atom. The van der Waals surface area contributed by atoms with Crippen LogP contribution in [0.5, 0.6) is 0 Å². The smallest absolute Gasteiger partial charge is 0.279 e. The number of rotatable bonds is 4. The van der Waals surface area contributed by atoms with E-state index in [9.17, 15) is 13.2 Å². The average molecular weight is 268 g/mol. The van der Waals surface area contributed by atoms with Gasteiger partial charge in [-0.05, 0) is 13.0 Å². The van der Waals surface area contributed by atoms with Crippen molar-refractivity contribution in [3.8, 4) is 0 Å². The predicted molar refractivity (Wildman–Crippen MR) is 65.8 cm³/mol.